The predicted octanol–water partition coefficient (Wildman–Crippen LogP) is 9.01. The summed E-state index contributed by atoms with van der Waals surface area (Å²) in [6.45, 7) is 4.36. The normalized spacial score (nSPS) is 10.9. The Bertz CT molecular complexity index is 1410. The summed E-state index contributed by atoms with van der Waals surface area (Å²) in [6, 6.07) is 23.8. The molecule has 0 heterocycles. The van der Waals surface area contributed by atoms with Gasteiger partial charge in [0.2, 0.25) is 0 Å². The minimum absolute atomic E-state index is 0.148. The molecule has 0 unspecified atom stereocenters. The lowest BCUT2D eigenvalue weighted by atomic mass is 10.0. The lowest BCUT2D eigenvalue weighted by Crippen LogP contribution is -2.11. The summed E-state index contributed by atoms with van der Waals surface area (Å²) in [7, 11) is 0. The van der Waals surface area contributed by atoms with Crippen LogP contribution in [0, 0.1) is 0 Å². The van der Waals surface area contributed by atoms with Crippen LogP contribution in [-0.4, -0.2) is 11.9 Å². The van der Waals surface area contributed by atoms with E-state index in [1.807, 2.05) is 30.3 Å². The maximum Gasteiger partial charge on any atom is 0.345 e. The zero-order chi connectivity index (χ0) is 26.9. The lowest BCUT2D eigenvalue weighted by Gasteiger charge is -2.10. The Labute approximate surface area is 229 Å². The molecule has 4 aromatic carbocycles. The third kappa shape index (κ3) is 7.23. The first-order valence-electron chi connectivity index (χ1n) is 13.3. The number of rotatable bonds is 11. The summed E-state index contributed by atoms with van der Waals surface area (Å²) < 4.78 is 11.0. The van der Waals surface area contributed by atoms with Crippen molar-refractivity contribution in [1.82, 2.24) is 0 Å². The fourth-order valence-electron chi connectivity index (χ4n) is 4.31. The Morgan fingerprint density at radius 3 is 2.00 bits per heavy atom. The van der Waals surface area contributed by atoms with Crippen LogP contribution >= 0.6 is 11.6 Å². The second-order valence-electron chi connectivity index (χ2n) is 9.52. The third-order valence-corrected chi connectivity index (χ3v) is 6.85. The van der Waals surface area contributed by atoms with E-state index in [0.29, 0.717) is 11.3 Å². The molecule has 0 spiro atoms. The third-order valence-electron chi connectivity index (χ3n) is 6.53. The molecule has 4 rings (SSSR count). The first-order chi connectivity index (χ1) is 18.5. The van der Waals surface area contributed by atoms with Gasteiger partial charge < -0.3 is 9.47 Å². The molecule has 0 saturated carbocycles. The number of hydrogen-bond donors (Lipinski definition) is 0. The van der Waals surface area contributed by atoms with E-state index in [9.17, 15) is 9.59 Å². The maximum atomic E-state index is 12.8. The van der Waals surface area contributed by atoms with Crippen molar-refractivity contribution < 1.29 is 19.1 Å². The molecule has 4 aromatic rings. The van der Waals surface area contributed by atoms with Gasteiger partial charge in [0.15, 0.2) is 0 Å². The second-order valence-corrected chi connectivity index (χ2v) is 9.93. The van der Waals surface area contributed by atoms with Crippen molar-refractivity contribution >= 4 is 34.3 Å². The quantitative estimate of drug-likeness (QED) is 0.111. The molecular weight excluding hydrogens is 496 g/mol. The Morgan fingerprint density at radius 1 is 0.632 bits per heavy atom. The first kappa shape index (κ1) is 27.4. The summed E-state index contributed by atoms with van der Waals surface area (Å²) in [5.74, 6) is -0.357. The number of hydrogen-bond acceptors (Lipinski definition) is 4. The highest BCUT2D eigenvalue weighted by atomic mass is 35.5. The van der Waals surface area contributed by atoms with Gasteiger partial charge in [0.25, 0.3) is 0 Å². The fraction of sp³-hybridized carbons (Fsp3) is 0.273. The Balaban J connectivity index is 1.38. The van der Waals surface area contributed by atoms with Crippen molar-refractivity contribution in [2.75, 3.05) is 0 Å². The van der Waals surface area contributed by atoms with Crippen LogP contribution in [0.3, 0.4) is 0 Å². The predicted molar refractivity (Wildman–Crippen MR) is 154 cm³/mol. The molecule has 0 amide bonds. The highest BCUT2D eigenvalue weighted by Crippen LogP contribution is 2.26. The van der Waals surface area contributed by atoms with Gasteiger partial charge >= 0.3 is 11.9 Å². The highest BCUT2D eigenvalue weighted by molar-refractivity contribution is 6.33. The van der Waals surface area contributed by atoms with E-state index in [0.717, 1.165) is 42.9 Å². The van der Waals surface area contributed by atoms with E-state index in [-0.39, 0.29) is 16.3 Å². The van der Waals surface area contributed by atoms with Crippen molar-refractivity contribution in [3.63, 3.8) is 0 Å². The fourth-order valence-corrected chi connectivity index (χ4v) is 4.56. The van der Waals surface area contributed by atoms with Crippen LogP contribution in [0.4, 0.5) is 0 Å². The molecule has 0 atom stereocenters. The molecule has 0 N–H and O–H groups in total. The molecule has 0 bridgehead atoms. The SMILES string of the molecule is CCCCCc1ccc(OC(=O)c2ccc(OC(=O)c3ccc4cc(CCCC)ccc4c3)cc2Cl)cc1. The van der Waals surface area contributed by atoms with Crippen molar-refractivity contribution in [1.29, 1.82) is 0 Å². The molecule has 0 saturated heterocycles. The number of carbonyl (C=O) groups is 2. The van der Waals surface area contributed by atoms with Crippen LogP contribution < -0.4 is 9.47 Å². The molecule has 4 nitrogen and oxygen atoms in total. The standard InChI is InChI=1S/C33H33ClO4/c1-3-5-7-9-23-11-16-28(17-12-23)37-33(36)30-19-18-29(22-31(30)34)38-32(35)27-15-14-25-20-24(8-6-4-2)10-13-26(25)21-27/h10-22H,3-9H2,1-2H3. The van der Waals surface area contributed by atoms with Crippen LogP contribution in [0.1, 0.15) is 77.8 Å². The van der Waals surface area contributed by atoms with Crippen LogP contribution in [0.2, 0.25) is 5.02 Å². The zero-order valence-electron chi connectivity index (χ0n) is 22.0. The van der Waals surface area contributed by atoms with Crippen LogP contribution in [-0.2, 0) is 12.8 Å². The second kappa shape index (κ2) is 13.3. The van der Waals surface area contributed by atoms with E-state index >= 15 is 0 Å². The van der Waals surface area contributed by atoms with Crippen molar-refractivity contribution in [3.8, 4) is 11.5 Å². The number of fused-ring (bicyclic) bond motifs is 1. The molecule has 0 aliphatic carbocycles. The summed E-state index contributed by atoms with van der Waals surface area (Å²) in [5, 5.41) is 2.21. The van der Waals surface area contributed by atoms with Crippen molar-refractivity contribution in [2.45, 2.75) is 58.8 Å². The van der Waals surface area contributed by atoms with E-state index in [1.165, 1.54) is 42.2 Å². The number of carbonyl (C=O) groups excluding carboxylic acids is 2. The topological polar surface area (TPSA) is 52.6 Å². The summed E-state index contributed by atoms with van der Waals surface area (Å²) in [5.41, 5.74) is 3.15. The number of benzene rings is 4. The summed E-state index contributed by atoms with van der Waals surface area (Å²) >= 11 is 6.35. The van der Waals surface area contributed by atoms with Gasteiger partial charge in [-0.1, -0.05) is 81.1 Å². The number of aryl methyl sites for hydroxylation is 2. The van der Waals surface area contributed by atoms with Crippen molar-refractivity contribution in [3.05, 3.63) is 106 Å². The minimum Gasteiger partial charge on any atom is -0.423 e. The molecule has 0 radical (unpaired) electrons. The Morgan fingerprint density at radius 2 is 1.26 bits per heavy atom. The van der Waals surface area contributed by atoms with Gasteiger partial charge in [-0.15, -0.1) is 0 Å². The van der Waals surface area contributed by atoms with Gasteiger partial charge in [0, 0.05) is 6.07 Å². The van der Waals surface area contributed by atoms with Gasteiger partial charge in [-0.25, -0.2) is 9.59 Å². The minimum atomic E-state index is -0.570. The lowest BCUT2D eigenvalue weighted by molar-refractivity contribution is 0.0730. The van der Waals surface area contributed by atoms with E-state index < -0.39 is 11.9 Å². The molecule has 38 heavy (non-hydrogen) atoms. The first-order valence-corrected chi connectivity index (χ1v) is 13.7. The van der Waals surface area contributed by atoms with Crippen molar-refractivity contribution in [2.24, 2.45) is 0 Å². The van der Waals surface area contributed by atoms with Crippen LogP contribution in [0.25, 0.3) is 10.8 Å². The van der Waals surface area contributed by atoms with E-state index in [2.05, 4.69) is 26.0 Å². The molecule has 0 fully saturated rings. The number of esters is 2. The summed E-state index contributed by atoms with van der Waals surface area (Å²) in [6.07, 6.45) is 7.88. The van der Waals surface area contributed by atoms with Gasteiger partial charge in [-0.2, -0.15) is 0 Å². The number of ether oxygens (including phenoxy) is 2. The molecule has 196 valence electrons. The largest absolute Gasteiger partial charge is 0.423 e. The molecule has 0 aromatic heterocycles. The maximum absolute atomic E-state index is 12.8. The highest BCUT2D eigenvalue weighted by Gasteiger charge is 2.16. The average molecular weight is 529 g/mol. The monoisotopic (exact) mass is 528 g/mol. The molecule has 0 aliphatic heterocycles. The molecular formula is C33H33ClO4. The molecule has 0 aliphatic rings. The van der Waals surface area contributed by atoms with E-state index in [1.54, 1.807) is 18.2 Å². The smallest absolute Gasteiger partial charge is 0.345 e. The Kier molecular flexibility index (Phi) is 9.56. The number of unbranched alkanes of at least 4 members (excludes halogenated alkanes) is 3. The van der Waals surface area contributed by atoms with Gasteiger partial charge in [0.1, 0.15) is 11.5 Å². The molecule has 5 heteroatoms. The summed E-state index contributed by atoms with van der Waals surface area (Å²) in [4.78, 5) is 25.5. The van der Waals surface area contributed by atoms with Gasteiger partial charge in [0.05, 0.1) is 16.1 Å². The van der Waals surface area contributed by atoms with E-state index in [4.69, 9.17) is 21.1 Å². The average Bonchev–Trinajstić information content (AvgIpc) is 2.92. The van der Waals surface area contributed by atoms with Crippen LogP contribution in [0.15, 0.2) is 78.9 Å². The Hall–Kier alpha value is -3.63. The number of halogens is 1. The van der Waals surface area contributed by atoms with Gasteiger partial charge in [-0.3, -0.25) is 0 Å². The zero-order valence-corrected chi connectivity index (χ0v) is 22.7. The van der Waals surface area contributed by atoms with Gasteiger partial charge in [-0.05, 0) is 84.0 Å². The van der Waals surface area contributed by atoms with Crippen LogP contribution in [0.5, 0.6) is 11.5 Å².